The predicted octanol–water partition coefficient (Wildman–Crippen LogP) is 6.76. The molecule has 1 heterocycles. The zero-order chi connectivity index (χ0) is 25.4. The maximum Gasteiger partial charge on any atom is 0.355 e. The quantitative estimate of drug-likeness (QED) is 0.280. The first-order valence-corrected chi connectivity index (χ1v) is 13.1. The molecule has 4 aromatic rings. The van der Waals surface area contributed by atoms with E-state index in [-0.39, 0.29) is 16.9 Å². The van der Waals surface area contributed by atoms with Gasteiger partial charge in [-0.05, 0) is 65.9 Å². The van der Waals surface area contributed by atoms with Crippen molar-refractivity contribution in [2.45, 2.75) is 38.0 Å². The summed E-state index contributed by atoms with van der Waals surface area (Å²) >= 11 is 6.06. The number of benzene rings is 3. The van der Waals surface area contributed by atoms with E-state index in [9.17, 15) is 13.2 Å². The number of halogens is 1. The Morgan fingerprint density at radius 1 is 1.00 bits per heavy atom. The van der Waals surface area contributed by atoms with Crippen molar-refractivity contribution in [3.63, 3.8) is 0 Å². The number of hydrogen-bond donors (Lipinski definition) is 2. The molecule has 0 aliphatic carbocycles. The minimum absolute atomic E-state index is 0.0796. The summed E-state index contributed by atoms with van der Waals surface area (Å²) in [4.78, 5) is 16.0. The number of carbonyl (C=O) groups is 1. The van der Waals surface area contributed by atoms with E-state index in [1.807, 2.05) is 12.1 Å². The van der Waals surface area contributed by atoms with E-state index in [2.05, 4.69) is 30.5 Å². The molecule has 0 saturated heterocycles. The second-order valence-corrected chi connectivity index (χ2v) is 11.4. The van der Waals surface area contributed by atoms with Crippen LogP contribution < -0.4 is 4.72 Å². The van der Waals surface area contributed by atoms with E-state index in [1.165, 1.54) is 0 Å². The van der Waals surface area contributed by atoms with Crippen LogP contribution in [0.5, 0.6) is 0 Å². The molecule has 0 atom stereocenters. The highest BCUT2D eigenvalue weighted by atomic mass is 35.5. The minimum Gasteiger partial charge on any atom is -0.461 e. The lowest BCUT2D eigenvalue weighted by atomic mass is 9.87. The molecule has 3 aromatic carbocycles. The Morgan fingerprint density at radius 3 is 2.26 bits per heavy atom. The predicted molar refractivity (Wildman–Crippen MR) is 141 cm³/mol. The number of ether oxygens (including phenoxy) is 1. The van der Waals surface area contributed by atoms with Crippen molar-refractivity contribution in [3.05, 3.63) is 83.0 Å². The summed E-state index contributed by atoms with van der Waals surface area (Å²) in [5.74, 6) is -0.491. The van der Waals surface area contributed by atoms with E-state index in [0.29, 0.717) is 32.9 Å². The summed E-state index contributed by atoms with van der Waals surface area (Å²) in [6.45, 7) is 8.19. The van der Waals surface area contributed by atoms with E-state index < -0.39 is 16.0 Å². The molecular formula is C27H27ClN2O4S. The summed E-state index contributed by atoms with van der Waals surface area (Å²) in [5.41, 5.74) is 3.68. The highest BCUT2D eigenvalue weighted by Gasteiger charge is 2.22. The van der Waals surface area contributed by atoms with Gasteiger partial charge in [0.25, 0.3) is 10.0 Å². The molecule has 0 bridgehead atoms. The van der Waals surface area contributed by atoms with Crippen LogP contribution in [0.3, 0.4) is 0 Å². The third-order valence-electron chi connectivity index (χ3n) is 5.69. The van der Waals surface area contributed by atoms with Crippen LogP contribution in [-0.2, 0) is 20.2 Å². The summed E-state index contributed by atoms with van der Waals surface area (Å²) < 4.78 is 34.1. The van der Waals surface area contributed by atoms with Crippen LogP contribution in [0.4, 0.5) is 5.69 Å². The van der Waals surface area contributed by atoms with E-state index in [1.54, 1.807) is 61.5 Å². The SMILES string of the molecule is CCOC(=O)c1[nH]c2ccc(NS(=O)(=O)c3ccc(C(C)(C)C)cc3)cc2c1-c1ccc(Cl)cc1. The van der Waals surface area contributed by atoms with Gasteiger partial charge in [-0.2, -0.15) is 0 Å². The molecule has 8 heteroatoms. The maximum atomic E-state index is 13.1. The number of carbonyl (C=O) groups excluding carboxylic acids is 1. The lowest BCUT2D eigenvalue weighted by Gasteiger charge is -2.19. The van der Waals surface area contributed by atoms with Crippen molar-refractivity contribution in [1.29, 1.82) is 0 Å². The van der Waals surface area contributed by atoms with Crippen LogP contribution in [0.1, 0.15) is 43.7 Å². The average molecular weight is 511 g/mol. The second-order valence-electron chi connectivity index (χ2n) is 9.24. The molecule has 0 saturated carbocycles. The fourth-order valence-electron chi connectivity index (χ4n) is 3.88. The number of H-pyrrole nitrogens is 1. The summed E-state index contributed by atoms with van der Waals surface area (Å²) in [7, 11) is -3.81. The molecular weight excluding hydrogens is 484 g/mol. The maximum absolute atomic E-state index is 13.1. The molecule has 0 spiro atoms. The van der Waals surface area contributed by atoms with Gasteiger partial charge in [0.15, 0.2) is 0 Å². The average Bonchev–Trinajstić information content (AvgIpc) is 3.18. The normalized spacial score (nSPS) is 12.0. The summed E-state index contributed by atoms with van der Waals surface area (Å²) in [6.07, 6.45) is 0. The van der Waals surface area contributed by atoms with Crippen molar-refractivity contribution >= 4 is 44.2 Å². The zero-order valence-corrected chi connectivity index (χ0v) is 21.5. The molecule has 0 fully saturated rings. The van der Waals surface area contributed by atoms with Gasteiger partial charge in [-0.1, -0.05) is 56.6 Å². The topological polar surface area (TPSA) is 88.3 Å². The molecule has 0 radical (unpaired) electrons. The first-order valence-electron chi connectivity index (χ1n) is 11.2. The monoisotopic (exact) mass is 510 g/mol. The number of esters is 1. The van der Waals surface area contributed by atoms with Gasteiger partial charge in [0, 0.05) is 27.2 Å². The van der Waals surface area contributed by atoms with Gasteiger partial charge in [0.1, 0.15) is 5.69 Å². The van der Waals surface area contributed by atoms with Crippen LogP contribution in [0.2, 0.25) is 5.02 Å². The molecule has 35 heavy (non-hydrogen) atoms. The van der Waals surface area contributed by atoms with Crippen LogP contribution in [0.25, 0.3) is 22.0 Å². The van der Waals surface area contributed by atoms with Gasteiger partial charge in [0.2, 0.25) is 0 Å². The Hall–Kier alpha value is -3.29. The molecule has 6 nitrogen and oxygen atoms in total. The highest BCUT2D eigenvalue weighted by Crippen LogP contribution is 2.35. The number of hydrogen-bond acceptors (Lipinski definition) is 4. The summed E-state index contributed by atoms with van der Waals surface area (Å²) in [6, 6.07) is 19.0. The third-order valence-corrected chi connectivity index (χ3v) is 7.34. The van der Waals surface area contributed by atoms with Gasteiger partial charge in [-0.25, -0.2) is 13.2 Å². The third kappa shape index (κ3) is 5.21. The number of nitrogens with one attached hydrogen (secondary N) is 2. The molecule has 1 aromatic heterocycles. The minimum atomic E-state index is -3.81. The Labute approximate surface area is 210 Å². The van der Waals surface area contributed by atoms with Gasteiger partial charge >= 0.3 is 5.97 Å². The molecule has 0 unspecified atom stereocenters. The molecule has 2 N–H and O–H groups in total. The van der Waals surface area contributed by atoms with Gasteiger partial charge < -0.3 is 9.72 Å². The van der Waals surface area contributed by atoms with Crippen LogP contribution >= 0.6 is 11.6 Å². The van der Waals surface area contributed by atoms with E-state index >= 15 is 0 Å². The van der Waals surface area contributed by atoms with Crippen molar-refractivity contribution in [2.75, 3.05) is 11.3 Å². The molecule has 0 aliphatic rings. The van der Waals surface area contributed by atoms with Crippen molar-refractivity contribution in [1.82, 2.24) is 4.98 Å². The number of sulfonamides is 1. The number of rotatable bonds is 6. The largest absolute Gasteiger partial charge is 0.461 e. The smallest absolute Gasteiger partial charge is 0.355 e. The van der Waals surface area contributed by atoms with E-state index in [4.69, 9.17) is 16.3 Å². The van der Waals surface area contributed by atoms with Crippen LogP contribution in [0, 0.1) is 0 Å². The molecule has 182 valence electrons. The number of aromatic amines is 1. The Bertz CT molecular complexity index is 1480. The Kier molecular flexibility index (Phi) is 6.66. The lowest BCUT2D eigenvalue weighted by molar-refractivity contribution is 0.0521. The number of anilines is 1. The summed E-state index contributed by atoms with van der Waals surface area (Å²) in [5, 5.41) is 1.25. The highest BCUT2D eigenvalue weighted by molar-refractivity contribution is 7.92. The van der Waals surface area contributed by atoms with E-state index in [0.717, 1.165) is 11.1 Å². The molecule has 0 amide bonds. The zero-order valence-electron chi connectivity index (χ0n) is 20.0. The van der Waals surface area contributed by atoms with Crippen molar-refractivity contribution < 1.29 is 17.9 Å². The van der Waals surface area contributed by atoms with Crippen LogP contribution in [0.15, 0.2) is 71.6 Å². The van der Waals surface area contributed by atoms with Crippen molar-refractivity contribution in [2.24, 2.45) is 0 Å². The molecule has 0 aliphatic heterocycles. The number of fused-ring (bicyclic) bond motifs is 1. The van der Waals surface area contributed by atoms with Gasteiger partial charge in [-0.15, -0.1) is 0 Å². The number of aromatic nitrogens is 1. The second kappa shape index (κ2) is 9.40. The Morgan fingerprint density at radius 2 is 1.66 bits per heavy atom. The lowest BCUT2D eigenvalue weighted by Crippen LogP contribution is -2.14. The van der Waals surface area contributed by atoms with Crippen molar-refractivity contribution in [3.8, 4) is 11.1 Å². The van der Waals surface area contributed by atoms with Gasteiger partial charge in [-0.3, -0.25) is 4.72 Å². The molecule has 4 rings (SSSR count). The fourth-order valence-corrected chi connectivity index (χ4v) is 5.05. The Balaban J connectivity index is 1.76. The first kappa shape index (κ1) is 24.8. The fraction of sp³-hybridized carbons (Fsp3) is 0.222. The standard InChI is InChI=1S/C27H27ClN2O4S/c1-5-34-26(31)25-24(17-6-10-19(28)11-7-17)22-16-20(12-15-23(22)29-25)30-35(32,33)21-13-8-18(9-14-21)27(2,3)4/h6-16,29-30H,5H2,1-4H3. The first-order chi connectivity index (χ1) is 16.5. The van der Waals surface area contributed by atoms with Crippen LogP contribution in [-0.4, -0.2) is 26.0 Å². The van der Waals surface area contributed by atoms with Gasteiger partial charge in [0.05, 0.1) is 11.5 Å².